The third-order valence-electron chi connectivity index (χ3n) is 3.90. The van der Waals surface area contributed by atoms with Crippen LogP contribution in [0.5, 0.6) is 0 Å². The molecule has 0 unspecified atom stereocenters. The van der Waals surface area contributed by atoms with Crippen LogP contribution in [-0.2, 0) is 5.41 Å². The van der Waals surface area contributed by atoms with E-state index >= 15 is 0 Å². The lowest BCUT2D eigenvalue weighted by Gasteiger charge is -2.19. The maximum Gasteiger partial charge on any atom is 0.301 e. The molecule has 0 atom stereocenters. The third kappa shape index (κ3) is 4.41. The second-order valence-corrected chi connectivity index (χ2v) is 6.85. The van der Waals surface area contributed by atoms with Gasteiger partial charge in [0.25, 0.3) is 5.69 Å². The molecule has 0 bridgehead atoms. The van der Waals surface area contributed by atoms with Crippen molar-refractivity contribution in [2.75, 3.05) is 5.43 Å². The molecule has 2 aromatic carbocycles. The molecule has 1 N–H and O–H groups in total. The Kier molecular flexibility index (Phi) is 5.35. The van der Waals surface area contributed by atoms with E-state index in [1.807, 2.05) is 24.3 Å². The molecule has 0 saturated heterocycles. The van der Waals surface area contributed by atoms with Crippen molar-refractivity contribution < 1.29 is 9.85 Å². The summed E-state index contributed by atoms with van der Waals surface area (Å²) in [4.78, 5) is 20.5. The summed E-state index contributed by atoms with van der Waals surface area (Å²) in [6.45, 7) is 8.14. The molecule has 0 radical (unpaired) electrons. The van der Waals surface area contributed by atoms with Crippen molar-refractivity contribution in [2.45, 2.75) is 33.1 Å². The largest absolute Gasteiger partial charge is 0.301 e. The fourth-order valence-corrected chi connectivity index (χ4v) is 2.30. The average molecular weight is 356 g/mol. The zero-order valence-electron chi connectivity index (χ0n) is 15.0. The highest BCUT2D eigenvalue weighted by Crippen LogP contribution is 2.29. The molecule has 0 heterocycles. The van der Waals surface area contributed by atoms with Crippen LogP contribution in [0.2, 0.25) is 0 Å². The Hall–Kier alpha value is -3.29. The number of nitrogens with one attached hydrogen (secondary N) is 1. The molecule has 8 nitrogen and oxygen atoms in total. The smallest absolute Gasteiger partial charge is 0.271 e. The zero-order valence-corrected chi connectivity index (χ0v) is 15.0. The van der Waals surface area contributed by atoms with Gasteiger partial charge in [-0.2, -0.15) is 5.10 Å². The summed E-state index contributed by atoms with van der Waals surface area (Å²) in [6, 6.07) is 11.3. The van der Waals surface area contributed by atoms with Crippen molar-refractivity contribution in [3.05, 3.63) is 73.8 Å². The van der Waals surface area contributed by atoms with Gasteiger partial charge in [0.2, 0.25) is 0 Å². The van der Waals surface area contributed by atoms with Gasteiger partial charge in [-0.05, 0) is 29.5 Å². The van der Waals surface area contributed by atoms with Crippen molar-refractivity contribution in [1.82, 2.24) is 0 Å². The fourth-order valence-electron chi connectivity index (χ4n) is 2.30. The van der Waals surface area contributed by atoms with Gasteiger partial charge in [0.05, 0.1) is 21.6 Å². The molecule has 0 spiro atoms. The Morgan fingerprint density at radius 1 is 1.00 bits per heavy atom. The Balaban J connectivity index is 2.26. The van der Waals surface area contributed by atoms with Gasteiger partial charge in [0, 0.05) is 6.07 Å². The summed E-state index contributed by atoms with van der Waals surface area (Å²) in [7, 11) is 0. The van der Waals surface area contributed by atoms with E-state index in [1.54, 1.807) is 6.92 Å². The van der Waals surface area contributed by atoms with Crippen molar-refractivity contribution in [1.29, 1.82) is 0 Å². The van der Waals surface area contributed by atoms with Gasteiger partial charge < -0.3 is 0 Å². The molecular formula is C18H20N4O4. The molecule has 0 amide bonds. The van der Waals surface area contributed by atoms with E-state index in [4.69, 9.17) is 0 Å². The van der Waals surface area contributed by atoms with E-state index in [-0.39, 0.29) is 16.8 Å². The summed E-state index contributed by atoms with van der Waals surface area (Å²) in [5, 5.41) is 26.1. The van der Waals surface area contributed by atoms with Crippen molar-refractivity contribution in [3.63, 3.8) is 0 Å². The second kappa shape index (κ2) is 7.30. The SMILES string of the molecule is C/C(=N/Nc1ccc([N+](=O)[O-])cc1[N+](=O)[O-])c1ccc(C(C)(C)C)cc1. The van der Waals surface area contributed by atoms with Crippen LogP contribution < -0.4 is 5.43 Å². The number of hydrogen-bond acceptors (Lipinski definition) is 6. The highest BCUT2D eigenvalue weighted by Gasteiger charge is 2.19. The van der Waals surface area contributed by atoms with Crippen molar-refractivity contribution in [3.8, 4) is 0 Å². The lowest BCUT2D eigenvalue weighted by molar-refractivity contribution is -0.393. The quantitative estimate of drug-likeness (QED) is 0.477. The van der Waals surface area contributed by atoms with E-state index in [0.717, 1.165) is 11.6 Å². The van der Waals surface area contributed by atoms with Gasteiger partial charge in [0.1, 0.15) is 5.69 Å². The molecule has 2 rings (SSSR count). The van der Waals surface area contributed by atoms with E-state index in [2.05, 4.69) is 31.3 Å². The van der Waals surface area contributed by atoms with Crippen LogP contribution in [0.3, 0.4) is 0 Å². The Morgan fingerprint density at radius 3 is 2.12 bits per heavy atom. The lowest BCUT2D eigenvalue weighted by atomic mass is 9.86. The van der Waals surface area contributed by atoms with E-state index in [0.29, 0.717) is 5.71 Å². The number of rotatable bonds is 5. The van der Waals surface area contributed by atoms with Crippen LogP contribution in [0, 0.1) is 20.2 Å². The number of nitro groups is 2. The molecule has 8 heteroatoms. The summed E-state index contributed by atoms with van der Waals surface area (Å²) in [6.07, 6.45) is 0. The maximum atomic E-state index is 11.1. The monoisotopic (exact) mass is 356 g/mol. The van der Waals surface area contributed by atoms with Crippen LogP contribution in [-0.4, -0.2) is 15.6 Å². The molecule has 0 saturated carbocycles. The van der Waals surface area contributed by atoms with E-state index in [9.17, 15) is 20.2 Å². The number of hydrazone groups is 1. The number of non-ortho nitro benzene ring substituents is 1. The maximum absolute atomic E-state index is 11.1. The van der Waals surface area contributed by atoms with Crippen LogP contribution in [0.25, 0.3) is 0 Å². The third-order valence-corrected chi connectivity index (χ3v) is 3.90. The zero-order chi connectivity index (χ0) is 19.5. The molecule has 0 aromatic heterocycles. The van der Waals surface area contributed by atoms with E-state index < -0.39 is 15.5 Å². The number of benzene rings is 2. The Labute approximate surface area is 150 Å². The van der Waals surface area contributed by atoms with Gasteiger partial charge in [-0.15, -0.1) is 0 Å². The summed E-state index contributed by atoms with van der Waals surface area (Å²) in [5.41, 5.74) is 4.70. The first kappa shape index (κ1) is 19.0. The molecule has 0 aliphatic heterocycles. The first-order valence-corrected chi connectivity index (χ1v) is 7.93. The number of nitrogens with zero attached hydrogens (tertiary/aromatic N) is 3. The van der Waals surface area contributed by atoms with Gasteiger partial charge in [-0.3, -0.25) is 25.7 Å². The standard InChI is InChI=1S/C18H20N4O4/c1-12(13-5-7-14(8-6-13)18(2,3)4)19-20-16-10-9-15(21(23)24)11-17(16)22(25)26/h5-11,20H,1-4H3/b19-12-. The highest BCUT2D eigenvalue weighted by molar-refractivity contribution is 5.99. The summed E-state index contributed by atoms with van der Waals surface area (Å²) in [5.74, 6) is 0. The molecule has 2 aromatic rings. The van der Waals surface area contributed by atoms with Crippen LogP contribution in [0.1, 0.15) is 38.8 Å². The molecule has 0 aliphatic rings. The van der Waals surface area contributed by atoms with E-state index in [1.165, 1.54) is 17.7 Å². The predicted octanol–water partition coefficient (Wildman–Crippen LogP) is 4.64. The fraction of sp³-hybridized carbons (Fsp3) is 0.278. The van der Waals surface area contributed by atoms with Gasteiger partial charge in [0.15, 0.2) is 0 Å². The summed E-state index contributed by atoms with van der Waals surface area (Å²) >= 11 is 0. The lowest BCUT2D eigenvalue weighted by Crippen LogP contribution is -2.11. The molecule has 26 heavy (non-hydrogen) atoms. The normalized spacial score (nSPS) is 11.9. The summed E-state index contributed by atoms with van der Waals surface area (Å²) < 4.78 is 0. The van der Waals surface area contributed by atoms with Crippen LogP contribution >= 0.6 is 0 Å². The van der Waals surface area contributed by atoms with Gasteiger partial charge in [-0.1, -0.05) is 45.0 Å². The Morgan fingerprint density at radius 2 is 1.62 bits per heavy atom. The minimum absolute atomic E-state index is 0.0429. The predicted molar refractivity (Wildman–Crippen MR) is 101 cm³/mol. The van der Waals surface area contributed by atoms with Crippen LogP contribution in [0.4, 0.5) is 17.1 Å². The first-order valence-electron chi connectivity index (χ1n) is 7.93. The average Bonchev–Trinajstić information content (AvgIpc) is 2.58. The molecule has 0 aliphatic carbocycles. The topological polar surface area (TPSA) is 111 Å². The minimum Gasteiger partial charge on any atom is -0.271 e. The van der Waals surface area contributed by atoms with Crippen LogP contribution in [0.15, 0.2) is 47.6 Å². The first-order chi connectivity index (χ1) is 12.1. The van der Waals surface area contributed by atoms with Crippen molar-refractivity contribution >= 4 is 22.8 Å². The molecular weight excluding hydrogens is 336 g/mol. The molecule has 136 valence electrons. The minimum atomic E-state index is -0.682. The highest BCUT2D eigenvalue weighted by atomic mass is 16.6. The van der Waals surface area contributed by atoms with Crippen molar-refractivity contribution in [2.24, 2.45) is 5.10 Å². The molecule has 0 fully saturated rings. The van der Waals surface area contributed by atoms with Gasteiger partial charge >= 0.3 is 5.69 Å². The second-order valence-electron chi connectivity index (χ2n) is 6.85. The number of nitro benzene ring substituents is 2. The number of hydrogen-bond donors (Lipinski definition) is 1. The number of anilines is 1. The Bertz CT molecular complexity index is 868. The van der Waals surface area contributed by atoms with Gasteiger partial charge in [-0.25, -0.2) is 0 Å².